The fraction of sp³-hybridized carbons (Fsp3) is 0.765. The highest BCUT2D eigenvalue weighted by Crippen LogP contribution is 2.39. The van der Waals surface area contributed by atoms with Gasteiger partial charge in [-0.15, -0.1) is 11.3 Å². The van der Waals surface area contributed by atoms with Gasteiger partial charge in [0.15, 0.2) is 0 Å². The lowest BCUT2D eigenvalue weighted by atomic mass is 9.76. The molecule has 114 valence electrons. The third-order valence-electron chi connectivity index (χ3n) is 4.92. The summed E-state index contributed by atoms with van der Waals surface area (Å²) < 4.78 is 0. The molecule has 2 atom stereocenters. The van der Waals surface area contributed by atoms with Crippen LogP contribution in [0.25, 0.3) is 0 Å². The summed E-state index contributed by atoms with van der Waals surface area (Å²) in [7, 11) is 0. The monoisotopic (exact) mass is 295 g/mol. The molecule has 0 amide bonds. The van der Waals surface area contributed by atoms with Crippen LogP contribution < -0.4 is 5.32 Å². The van der Waals surface area contributed by atoms with Crippen molar-refractivity contribution in [1.82, 2.24) is 5.32 Å². The van der Waals surface area contributed by atoms with Crippen molar-refractivity contribution in [3.8, 4) is 0 Å². The van der Waals surface area contributed by atoms with Gasteiger partial charge in [0.2, 0.25) is 0 Å². The number of aliphatic hydroxyl groups excluding tert-OH is 1. The highest BCUT2D eigenvalue weighted by Gasteiger charge is 2.35. The summed E-state index contributed by atoms with van der Waals surface area (Å²) >= 11 is 1.79. The van der Waals surface area contributed by atoms with Gasteiger partial charge in [0, 0.05) is 17.0 Å². The van der Waals surface area contributed by atoms with Crippen LogP contribution in [-0.2, 0) is 6.54 Å². The third kappa shape index (κ3) is 4.06. The highest BCUT2D eigenvalue weighted by atomic mass is 32.1. The molecular formula is C17H29NOS. The molecule has 2 N–H and O–H groups in total. The first-order valence-corrected chi connectivity index (χ1v) is 8.71. The second-order valence-electron chi connectivity index (χ2n) is 7.37. The van der Waals surface area contributed by atoms with Crippen molar-refractivity contribution in [2.75, 3.05) is 6.61 Å². The topological polar surface area (TPSA) is 32.3 Å². The molecule has 1 aromatic rings. The lowest BCUT2D eigenvalue weighted by Crippen LogP contribution is -2.47. The van der Waals surface area contributed by atoms with Crippen molar-refractivity contribution in [3.05, 3.63) is 22.4 Å². The van der Waals surface area contributed by atoms with Crippen molar-refractivity contribution >= 4 is 11.3 Å². The average Bonchev–Trinajstić information content (AvgIpc) is 2.81. The number of hydrogen-bond acceptors (Lipinski definition) is 3. The lowest BCUT2D eigenvalue weighted by molar-refractivity contribution is 0.136. The van der Waals surface area contributed by atoms with Crippen LogP contribution in [0.5, 0.6) is 0 Å². The summed E-state index contributed by atoms with van der Waals surface area (Å²) in [6.07, 6.45) is 5.94. The summed E-state index contributed by atoms with van der Waals surface area (Å²) in [4.78, 5) is 1.36. The van der Waals surface area contributed by atoms with Crippen molar-refractivity contribution in [2.45, 2.75) is 65.0 Å². The maximum Gasteiger partial charge on any atom is 0.0613 e. The van der Waals surface area contributed by atoms with Crippen LogP contribution in [0.2, 0.25) is 0 Å². The zero-order chi connectivity index (χ0) is 14.6. The van der Waals surface area contributed by atoms with E-state index in [4.69, 9.17) is 0 Å². The van der Waals surface area contributed by atoms with Gasteiger partial charge in [-0.2, -0.15) is 0 Å². The Morgan fingerprint density at radius 1 is 1.35 bits per heavy atom. The molecule has 3 heteroatoms. The molecular weight excluding hydrogens is 266 g/mol. The van der Waals surface area contributed by atoms with Crippen LogP contribution in [-0.4, -0.2) is 17.3 Å². The van der Waals surface area contributed by atoms with Gasteiger partial charge in [-0.3, -0.25) is 0 Å². The van der Waals surface area contributed by atoms with E-state index in [-0.39, 0.29) is 12.1 Å². The van der Waals surface area contributed by atoms with Crippen LogP contribution in [0.1, 0.15) is 57.8 Å². The van der Waals surface area contributed by atoms with E-state index in [1.165, 1.54) is 24.1 Å². The molecule has 1 saturated carbocycles. The minimum Gasteiger partial charge on any atom is -0.394 e. The standard InChI is InChI=1S/C17H29NOS/c1-16(2,3)14-6-4-9-17(13-19,10-8-14)18-12-15-7-5-11-20-15/h5,7,11,14,18-19H,4,6,8-10,12-13H2,1-3H3. The molecule has 2 unspecified atom stereocenters. The number of thiophene rings is 1. The van der Waals surface area contributed by atoms with Gasteiger partial charge in [-0.1, -0.05) is 33.3 Å². The number of nitrogens with one attached hydrogen (secondary N) is 1. The molecule has 0 bridgehead atoms. The van der Waals surface area contributed by atoms with Gasteiger partial charge in [-0.25, -0.2) is 0 Å². The molecule has 20 heavy (non-hydrogen) atoms. The van der Waals surface area contributed by atoms with Gasteiger partial charge >= 0.3 is 0 Å². The second kappa shape index (κ2) is 6.59. The average molecular weight is 295 g/mol. The first-order chi connectivity index (χ1) is 9.45. The number of hydrogen-bond donors (Lipinski definition) is 2. The van der Waals surface area contributed by atoms with Gasteiger partial charge in [0.05, 0.1) is 6.61 Å². The van der Waals surface area contributed by atoms with Crippen LogP contribution in [0.3, 0.4) is 0 Å². The minimum atomic E-state index is -0.0655. The molecule has 0 spiro atoms. The van der Waals surface area contributed by atoms with Crippen molar-refractivity contribution in [1.29, 1.82) is 0 Å². The largest absolute Gasteiger partial charge is 0.394 e. The molecule has 2 nitrogen and oxygen atoms in total. The number of rotatable bonds is 4. The molecule has 1 aromatic heterocycles. The van der Waals surface area contributed by atoms with Gasteiger partial charge in [-0.05, 0) is 48.5 Å². The van der Waals surface area contributed by atoms with E-state index in [2.05, 4.69) is 43.6 Å². The molecule has 0 aliphatic heterocycles. The Hall–Kier alpha value is -0.380. The van der Waals surface area contributed by atoms with Gasteiger partial charge < -0.3 is 10.4 Å². The van der Waals surface area contributed by atoms with E-state index in [9.17, 15) is 5.11 Å². The molecule has 0 saturated heterocycles. The van der Waals surface area contributed by atoms with Crippen molar-refractivity contribution < 1.29 is 5.11 Å². The Labute approximate surface area is 127 Å². The Morgan fingerprint density at radius 3 is 2.75 bits per heavy atom. The van der Waals surface area contributed by atoms with Crippen molar-refractivity contribution in [2.24, 2.45) is 11.3 Å². The minimum absolute atomic E-state index is 0.0655. The first kappa shape index (κ1) is 16.0. The quantitative estimate of drug-likeness (QED) is 0.816. The Balaban J connectivity index is 1.96. The molecule has 2 rings (SSSR count). The zero-order valence-electron chi connectivity index (χ0n) is 13.1. The Bertz CT molecular complexity index is 396. The fourth-order valence-corrected chi connectivity index (χ4v) is 4.00. The summed E-state index contributed by atoms with van der Waals surface area (Å²) in [5.74, 6) is 0.777. The second-order valence-corrected chi connectivity index (χ2v) is 8.40. The van der Waals surface area contributed by atoms with E-state index < -0.39 is 0 Å². The van der Waals surface area contributed by atoms with Gasteiger partial charge in [0.1, 0.15) is 0 Å². The Kier molecular flexibility index (Phi) is 5.27. The third-order valence-corrected chi connectivity index (χ3v) is 5.80. The smallest absolute Gasteiger partial charge is 0.0613 e. The SMILES string of the molecule is CC(C)(C)C1CCCC(CO)(NCc2cccs2)CC1. The predicted octanol–water partition coefficient (Wildman–Crippen LogP) is 4.20. The molecule has 1 heterocycles. The van der Waals surface area contributed by atoms with Crippen molar-refractivity contribution in [3.63, 3.8) is 0 Å². The first-order valence-electron chi connectivity index (χ1n) is 7.83. The van der Waals surface area contributed by atoms with Gasteiger partial charge in [0.25, 0.3) is 0 Å². The van der Waals surface area contributed by atoms with E-state index in [0.29, 0.717) is 5.41 Å². The number of aliphatic hydroxyl groups is 1. The molecule has 1 fully saturated rings. The normalized spacial score (nSPS) is 28.3. The summed E-state index contributed by atoms with van der Waals surface area (Å²) in [5, 5.41) is 15.7. The maximum absolute atomic E-state index is 9.93. The molecule has 0 radical (unpaired) electrons. The van der Waals surface area contributed by atoms with Crippen LogP contribution >= 0.6 is 11.3 Å². The lowest BCUT2D eigenvalue weighted by Gasteiger charge is -2.33. The predicted molar refractivity (Wildman–Crippen MR) is 87.0 cm³/mol. The van der Waals surface area contributed by atoms with E-state index in [1.807, 2.05) is 0 Å². The van der Waals surface area contributed by atoms with E-state index in [0.717, 1.165) is 25.3 Å². The zero-order valence-corrected chi connectivity index (χ0v) is 13.9. The fourth-order valence-electron chi connectivity index (χ4n) is 3.35. The van der Waals surface area contributed by atoms with Crippen LogP contribution in [0.15, 0.2) is 17.5 Å². The Morgan fingerprint density at radius 2 is 2.15 bits per heavy atom. The summed E-state index contributed by atoms with van der Waals surface area (Å²) in [6, 6.07) is 4.26. The van der Waals surface area contributed by atoms with Crippen LogP contribution in [0, 0.1) is 11.3 Å². The summed E-state index contributed by atoms with van der Waals surface area (Å²) in [6.45, 7) is 8.20. The molecule has 0 aromatic carbocycles. The summed E-state index contributed by atoms with van der Waals surface area (Å²) in [5.41, 5.74) is 0.323. The van der Waals surface area contributed by atoms with E-state index >= 15 is 0 Å². The highest BCUT2D eigenvalue weighted by molar-refractivity contribution is 7.09. The molecule has 1 aliphatic carbocycles. The van der Waals surface area contributed by atoms with Crippen LogP contribution in [0.4, 0.5) is 0 Å². The van der Waals surface area contributed by atoms with E-state index in [1.54, 1.807) is 11.3 Å². The molecule has 1 aliphatic rings. The maximum atomic E-state index is 9.93.